The van der Waals surface area contributed by atoms with E-state index in [1.807, 2.05) is 35.2 Å². The fourth-order valence-corrected chi connectivity index (χ4v) is 3.97. The van der Waals surface area contributed by atoms with Crippen LogP contribution >= 0.6 is 0 Å². The van der Waals surface area contributed by atoms with Gasteiger partial charge < -0.3 is 14.5 Å². The van der Waals surface area contributed by atoms with E-state index >= 15 is 0 Å². The van der Waals surface area contributed by atoms with Crippen LogP contribution in [0.4, 0.5) is 0 Å². The maximum absolute atomic E-state index is 12.9. The predicted molar refractivity (Wildman–Crippen MR) is 100 cm³/mol. The zero-order chi connectivity index (χ0) is 18.9. The molecule has 1 saturated heterocycles. The molecule has 2 aliphatic heterocycles. The average molecular weight is 365 g/mol. The van der Waals surface area contributed by atoms with Gasteiger partial charge in [-0.15, -0.1) is 0 Å². The van der Waals surface area contributed by atoms with Gasteiger partial charge in [-0.25, -0.2) is 0 Å². The fourth-order valence-electron chi connectivity index (χ4n) is 3.97. The maximum atomic E-state index is 12.9. The summed E-state index contributed by atoms with van der Waals surface area (Å²) in [7, 11) is 0. The number of aromatic nitrogens is 1. The van der Waals surface area contributed by atoms with Crippen LogP contribution < -0.4 is 4.74 Å². The Bertz CT molecular complexity index is 855. The summed E-state index contributed by atoms with van der Waals surface area (Å²) in [5.41, 5.74) is 0.839. The van der Waals surface area contributed by atoms with Crippen molar-refractivity contribution >= 4 is 11.8 Å². The molecule has 1 fully saturated rings. The Morgan fingerprint density at radius 3 is 2.63 bits per heavy atom. The van der Waals surface area contributed by atoms with E-state index in [0.717, 1.165) is 24.2 Å². The normalized spacial score (nSPS) is 22.0. The summed E-state index contributed by atoms with van der Waals surface area (Å²) in [6.45, 7) is 3.70. The number of fused-ring (bicyclic) bond motifs is 1. The highest BCUT2D eigenvalue weighted by Crippen LogP contribution is 2.35. The third-order valence-electron chi connectivity index (χ3n) is 5.30. The zero-order valence-corrected chi connectivity index (χ0v) is 15.4. The van der Waals surface area contributed by atoms with Crippen LogP contribution in [0.3, 0.4) is 0 Å². The van der Waals surface area contributed by atoms with Crippen molar-refractivity contribution in [3.63, 3.8) is 0 Å². The molecule has 6 heteroatoms. The highest BCUT2D eigenvalue weighted by molar-refractivity contribution is 5.92. The molecule has 0 aliphatic carbocycles. The van der Waals surface area contributed by atoms with Crippen molar-refractivity contribution in [2.75, 3.05) is 19.6 Å². The molecule has 0 bridgehead atoms. The summed E-state index contributed by atoms with van der Waals surface area (Å²) in [5.74, 6) is 0.724. The molecule has 1 spiro atoms. The molecule has 3 heterocycles. The van der Waals surface area contributed by atoms with Crippen LogP contribution in [0.5, 0.6) is 5.75 Å². The first-order valence-electron chi connectivity index (χ1n) is 9.29. The highest BCUT2D eigenvalue weighted by Gasteiger charge is 2.43. The molecule has 1 aromatic heterocycles. The van der Waals surface area contributed by atoms with E-state index in [9.17, 15) is 9.59 Å². The average Bonchev–Trinajstić information content (AvgIpc) is 2.84. The lowest BCUT2D eigenvalue weighted by Crippen LogP contribution is -2.58. The summed E-state index contributed by atoms with van der Waals surface area (Å²) in [5, 5.41) is 0. The van der Waals surface area contributed by atoms with Crippen LogP contribution in [0.15, 0.2) is 48.7 Å². The molecular formula is C21H23N3O3. The van der Waals surface area contributed by atoms with Gasteiger partial charge in [0.05, 0.1) is 13.1 Å². The summed E-state index contributed by atoms with van der Waals surface area (Å²) < 4.78 is 6.47. The maximum Gasteiger partial charge on any atom is 0.272 e. The van der Waals surface area contributed by atoms with Crippen LogP contribution in [-0.2, 0) is 11.3 Å². The lowest BCUT2D eigenvalue weighted by Gasteiger charge is -2.43. The van der Waals surface area contributed by atoms with Gasteiger partial charge in [-0.3, -0.25) is 14.6 Å². The van der Waals surface area contributed by atoms with Gasteiger partial charge in [0.1, 0.15) is 17.0 Å². The van der Waals surface area contributed by atoms with E-state index in [-0.39, 0.29) is 11.8 Å². The second kappa shape index (κ2) is 7.02. The van der Waals surface area contributed by atoms with Crippen molar-refractivity contribution in [1.29, 1.82) is 0 Å². The second-order valence-corrected chi connectivity index (χ2v) is 7.31. The van der Waals surface area contributed by atoms with Gasteiger partial charge in [-0.05, 0) is 31.0 Å². The molecule has 1 atom stereocenters. The fraction of sp³-hybridized carbons (Fsp3) is 0.381. The van der Waals surface area contributed by atoms with Gasteiger partial charge in [0, 0.05) is 31.8 Å². The first-order chi connectivity index (χ1) is 13.1. The molecule has 27 heavy (non-hydrogen) atoms. The van der Waals surface area contributed by atoms with Crippen LogP contribution in [0, 0.1) is 0 Å². The minimum absolute atomic E-state index is 0.0165. The van der Waals surface area contributed by atoms with E-state index < -0.39 is 5.60 Å². The number of benzene rings is 1. The summed E-state index contributed by atoms with van der Waals surface area (Å²) in [6, 6.07) is 13.2. The number of pyridine rings is 1. The number of hydrogen-bond acceptors (Lipinski definition) is 4. The third-order valence-corrected chi connectivity index (χ3v) is 5.30. The van der Waals surface area contributed by atoms with Gasteiger partial charge in [-0.1, -0.05) is 24.3 Å². The molecule has 0 radical (unpaired) electrons. The van der Waals surface area contributed by atoms with Crippen molar-refractivity contribution in [2.24, 2.45) is 0 Å². The van der Waals surface area contributed by atoms with Gasteiger partial charge >= 0.3 is 0 Å². The second-order valence-electron chi connectivity index (χ2n) is 7.31. The standard InChI is InChI=1S/C21H23N3O3/c1-16(25)24-13-17-7-2-3-9-19(17)27-21(15-24)10-6-12-23(14-21)20(26)18-8-4-5-11-22-18/h2-5,7-9,11H,6,10,12-15H2,1H3. The third kappa shape index (κ3) is 3.52. The molecule has 140 valence electrons. The van der Waals surface area contributed by atoms with E-state index in [2.05, 4.69) is 4.98 Å². The van der Waals surface area contributed by atoms with Gasteiger partial charge in [-0.2, -0.15) is 0 Å². The first kappa shape index (κ1) is 17.5. The number of likely N-dealkylation sites (tertiary alicyclic amines) is 1. The summed E-state index contributed by atoms with van der Waals surface area (Å²) in [4.78, 5) is 32.9. The Kier molecular flexibility index (Phi) is 4.56. The SMILES string of the molecule is CC(=O)N1Cc2ccccc2OC2(CCCN(C(=O)c3ccccn3)C2)C1. The summed E-state index contributed by atoms with van der Waals surface area (Å²) >= 11 is 0. The van der Waals surface area contributed by atoms with Crippen LogP contribution in [0.25, 0.3) is 0 Å². The van der Waals surface area contributed by atoms with E-state index in [1.165, 1.54) is 0 Å². The number of nitrogens with zero attached hydrogens (tertiary/aromatic N) is 3. The topological polar surface area (TPSA) is 62.7 Å². The molecule has 0 N–H and O–H groups in total. The molecule has 4 rings (SSSR count). The van der Waals surface area contributed by atoms with Gasteiger partial charge in [0.2, 0.25) is 5.91 Å². The molecule has 0 saturated carbocycles. The first-order valence-corrected chi connectivity index (χ1v) is 9.29. The van der Waals surface area contributed by atoms with Crippen molar-refractivity contribution in [3.8, 4) is 5.75 Å². The van der Waals surface area contributed by atoms with Crippen molar-refractivity contribution < 1.29 is 14.3 Å². The molecular weight excluding hydrogens is 342 g/mol. The molecule has 2 aliphatic rings. The predicted octanol–water partition coefficient (Wildman–Crippen LogP) is 2.50. The Morgan fingerprint density at radius 2 is 1.85 bits per heavy atom. The number of amides is 2. The van der Waals surface area contributed by atoms with E-state index in [0.29, 0.717) is 31.9 Å². The van der Waals surface area contributed by atoms with Crippen molar-refractivity contribution in [3.05, 3.63) is 59.9 Å². The minimum atomic E-state index is -0.596. The number of hydrogen-bond donors (Lipinski definition) is 0. The molecule has 2 amide bonds. The lowest BCUT2D eigenvalue weighted by atomic mass is 9.91. The number of carbonyl (C=O) groups excluding carboxylic acids is 2. The number of para-hydroxylation sites is 1. The van der Waals surface area contributed by atoms with Crippen molar-refractivity contribution in [2.45, 2.75) is 31.9 Å². The Labute approximate surface area is 158 Å². The molecule has 6 nitrogen and oxygen atoms in total. The van der Waals surface area contributed by atoms with Crippen LogP contribution in [0.1, 0.15) is 35.8 Å². The molecule has 1 aromatic carbocycles. The number of carbonyl (C=O) groups is 2. The number of rotatable bonds is 1. The Balaban J connectivity index is 1.64. The summed E-state index contributed by atoms with van der Waals surface area (Å²) in [6.07, 6.45) is 3.26. The van der Waals surface area contributed by atoms with Crippen LogP contribution in [-0.4, -0.2) is 51.8 Å². The minimum Gasteiger partial charge on any atom is -0.483 e. The monoisotopic (exact) mass is 365 g/mol. The quantitative estimate of drug-likeness (QED) is 0.779. The van der Waals surface area contributed by atoms with E-state index in [1.54, 1.807) is 30.2 Å². The largest absolute Gasteiger partial charge is 0.483 e. The van der Waals surface area contributed by atoms with Gasteiger partial charge in [0.25, 0.3) is 5.91 Å². The van der Waals surface area contributed by atoms with Crippen molar-refractivity contribution in [1.82, 2.24) is 14.8 Å². The zero-order valence-electron chi connectivity index (χ0n) is 15.4. The molecule has 1 unspecified atom stereocenters. The number of ether oxygens (including phenoxy) is 1. The lowest BCUT2D eigenvalue weighted by molar-refractivity contribution is -0.132. The molecule has 2 aromatic rings. The number of piperidine rings is 1. The smallest absolute Gasteiger partial charge is 0.272 e. The van der Waals surface area contributed by atoms with Gasteiger partial charge in [0.15, 0.2) is 0 Å². The van der Waals surface area contributed by atoms with Crippen LogP contribution in [0.2, 0.25) is 0 Å². The van der Waals surface area contributed by atoms with E-state index in [4.69, 9.17) is 4.74 Å². The Morgan fingerprint density at radius 1 is 1.07 bits per heavy atom. The Hall–Kier alpha value is -2.89. The highest BCUT2D eigenvalue weighted by atomic mass is 16.5.